The molecule has 1 heterocycles. The van der Waals surface area contributed by atoms with Gasteiger partial charge in [-0.2, -0.15) is 0 Å². The zero-order valence-electron chi connectivity index (χ0n) is 12.2. The highest BCUT2D eigenvalue weighted by atomic mass is 32.2. The number of aromatic nitrogens is 2. The number of methoxy groups -OCH3 is 1. The summed E-state index contributed by atoms with van der Waals surface area (Å²) < 4.78 is 5.09. The number of nitrogens with zero attached hydrogens (tertiary/aromatic N) is 2. The molecule has 0 radical (unpaired) electrons. The van der Waals surface area contributed by atoms with Crippen molar-refractivity contribution >= 4 is 23.4 Å². The fraction of sp³-hybridized carbons (Fsp3) is 0.267. The summed E-state index contributed by atoms with van der Waals surface area (Å²) in [7, 11) is 1.60. The van der Waals surface area contributed by atoms with Crippen LogP contribution >= 0.6 is 11.8 Å². The monoisotopic (exact) mass is 303 g/mol. The van der Waals surface area contributed by atoms with E-state index in [9.17, 15) is 4.79 Å². The van der Waals surface area contributed by atoms with E-state index in [1.807, 2.05) is 13.2 Å². The minimum Gasteiger partial charge on any atom is -0.497 e. The average molecular weight is 303 g/mol. The van der Waals surface area contributed by atoms with Gasteiger partial charge in [0, 0.05) is 11.9 Å². The number of anilines is 1. The van der Waals surface area contributed by atoms with E-state index in [0.29, 0.717) is 22.8 Å². The molecular weight excluding hydrogens is 286 g/mol. The second-order valence-electron chi connectivity index (χ2n) is 4.25. The first-order valence-electron chi connectivity index (χ1n) is 6.53. The Morgan fingerprint density at radius 2 is 2.05 bits per heavy atom. The second-order valence-corrected chi connectivity index (χ2v) is 5.03. The summed E-state index contributed by atoms with van der Waals surface area (Å²) >= 11 is 1.46. The third-order valence-corrected chi connectivity index (χ3v) is 3.52. The van der Waals surface area contributed by atoms with Crippen molar-refractivity contribution in [2.24, 2.45) is 0 Å². The number of ether oxygens (including phenoxy) is 1. The molecule has 5 nitrogen and oxygen atoms in total. The zero-order valence-corrected chi connectivity index (χ0v) is 13.0. The van der Waals surface area contributed by atoms with Crippen molar-refractivity contribution in [2.75, 3.05) is 18.7 Å². The van der Waals surface area contributed by atoms with Gasteiger partial charge in [-0.05, 0) is 36.9 Å². The molecule has 1 N–H and O–H groups in total. The SMILES string of the molecule is CCc1nc(SC)ncc1C(=O)Nc1ccc(OC)cc1. The lowest BCUT2D eigenvalue weighted by Crippen LogP contribution is -2.16. The van der Waals surface area contributed by atoms with Crippen molar-refractivity contribution in [3.63, 3.8) is 0 Å². The fourth-order valence-corrected chi connectivity index (χ4v) is 2.19. The van der Waals surface area contributed by atoms with Crippen LogP contribution in [0.1, 0.15) is 23.0 Å². The smallest absolute Gasteiger partial charge is 0.259 e. The van der Waals surface area contributed by atoms with E-state index in [2.05, 4.69) is 15.3 Å². The van der Waals surface area contributed by atoms with Crippen molar-refractivity contribution in [3.8, 4) is 5.75 Å². The maximum atomic E-state index is 12.3. The number of thioether (sulfide) groups is 1. The molecule has 0 atom stereocenters. The molecule has 1 amide bonds. The summed E-state index contributed by atoms with van der Waals surface area (Å²) in [4.78, 5) is 20.9. The van der Waals surface area contributed by atoms with Crippen LogP contribution < -0.4 is 10.1 Å². The molecule has 6 heteroatoms. The van der Waals surface area contributed by atoms with Crippen LogP contribution in [0.2, 0.25) is 0 Å². The van der Waals surface area contributed by atoms with E-state index in [4.69, 9.17) is 4.74 Å². The number of carbonyl (C=O) groups is 1. The maximum Gasteiger partial charge on any atom is 0.259 e. The van der Waals surface area contributed by atoms with E-state index in [1.54, 1.807) is 37.6 Å². The van der Waals surface area contributed by atoms with Gasteiger partial charge in [-0.1, -0.05) is 18.7 Å². The first-order chi connectivity index (χ1) is 10.2. The number of hydrogen-bond donors (Lipinski definition) is 1. The molecule has 0 fully saturated rings. The predicted octanol–water partition coefficient (Wildman–Crippen LogP) is 3.02. The lowest BCUT2D eigenvalue weighted by molar-refractivity contribution is 0.102. The number of carbonyl (C=O) groups excluding carboxylic acids is 1. The predicted molar refractivity (Wildman–Crippen MR) is 84.1 cm³/mol. The van der Waals surface area contributed by atoms with Gasteiger partial charge in [0.2, 0.25) is 0 Å². The molecule has 1 aromatic carbocycles. The van der Waals surface area contributed by atoms with Crippen LogP contribution in [0.25, 0.3) is 0 Å². The second kappa shape index (κ2) is 7.08. The van der Waals surface area contributed by atoms with Crippen LogP contribution in [0.3, 0.4) is 0 Å². The van der Waals surface area contributed by atoms with Crippen LogP contribution in [-0.4, -0.2) is 29.2 Å². The van der Waals surface area contributed by atoms with Gasteiger partial charge in [0.15, 0.2) is 5.16 Å². The molecule has 0 aliphatic heterocycles. The number of nitrogens with one attached hydrogen (secondary N) is 1. The van der Waals surface area contributed by atoms with E-state index in [1.165, 1.54) is 11.8 Å². The summed E-state index contributed by atoms with van der Waals surface area (Å²) in [5, 5.41) is 3.51. The molecule has 21 heavy (non-hydrogen) atoms. The van der Waals surface area contributed by atoms with Crippen LogP contribution in [0.5, 0.6) is 5.75 Å². The molecule has 0 saturated heterocycles. The summed E-state index contributed by atoms with van der Waals surface area (Å²) in [6.07, 6.45) is 4.17. The zero-order chi connectivity index (χ0) is 15.2. The largest absolute Gasteiger partial charge is 0.497 e. The average Bonchev–Trinajstić information content (AvgIpc) is 2.54. The minimum atomic E-state index is -0.204. The number of benzene rings is 1. The van der Waals surface area contributed by atoms with E-state index in [-0.39, 0.29) is 5.91 Å². The van der Waals surface area contributed by atoms with Gasteiger partial charge >= 0.3 is 0 Å². The molecule has 0 unspecified atom stereocenters. The van der Waals surface area contributed by atoms with Crippen LogP contribution in [0, 0.1) is 0 Å². The van der Waals surface area contributed by atoms with Gasteiger partial charge in [0.25, 0.3) is 5.91 Å². The van der Waals surface area contributed by atoms with Crippen LogP contribution in [0.4, 0.5) is 5.69 Å². The first-order valence-corrected chi connectivity index (χ1v) is 7.75. The van der Waals surface area contributed by atoms with Crippen LogP contribution in [0.15, 0.2) is 35.6 Å². The number of rotatable bonds is 5. The fourth-order valence-electron chi connectivity index (χ4n) is 1.83. The Hall–Kier alpha value is -2.08. The maximum absolute atomic E-state index is 12.3. The molecule has 0 aliphatic rings. The van der Waals surface area contributed by atoms with Crippen molar-refractivity contribution in [3.05, 3.63) is 41.7 Å². The molecule has 2 rings (SSSR count). The van der Waals surface area contributed by atoms with E-state index < -0.39 is 0 Å². The number of aryl methyl sites for hydroxylation is 1. The van der Waals surface area contributed by atoms with Crippen molar-refractivity contribution < 1.29 is 9.53 Å². The molecule has 0 spiro atoms. The van der Waals surface area contributed by atoms with Gasteiger partial charge < -0.3 is 10.1 Å². The topological polar surface area (TPSA) is 64.1 Å². The van der Waals surface area contributed by atoms with Gasteiger partial charge in [-0.15, -0.1) is 0 Å². The minimum absolute atomic E-state index is 0.204. The normalized spacial score (nSPS) is 10.2. The summed E-state index contributed by atoms with van der Waals surface area (Å²) in [6, 6.07) is 7.17. The highest BCUT2D eigenvalue weighted by Gasteiger charge is 2.13. The number of amides is 1. The molecule has 2 aromatic rings. The third-order valence-electron chi connectivity index (χ3n) is 2.96. The first kappa shape index (κ1) is 15.3. The summed E-state index contributed by atoms with van der Waals surface area (Å²) in [5.74, 6) is 0.541. The quantitative estimate of drug-likeness (QED) is 0.679. The van der Waals surface area contributed by atoms with Gasteiger partial charge in [-0.25, -0.2) is 9.97 Å². The Balaban J connectivity index is 2.19. The lowest BCUT2D eigenvalue weighted by atomic mass is 10.1. The van der Waals surface area contributed by atoms with Crippen LogP contribution in [-0.2, 0) is 6.42 Å². The third kappa shape index (κ3) is 3.72. The Morgan fingerprint density at radius 3 is 2.62 bits per heavy atom. The molecular formula is C15H17N3O2S. The van der Waals surface area contributed by atoms with Crippen molar-refractivity contribution in [2.45, 2.75) is 18.5 Å². The van der Waals surface area contributed by atoms with E-state index in [0.717, 1.165) is 11.4 Å². The van der Waals surface area contributed by atoms with Gasteiger partial charge in [-0.3, -0.25) is 4.79 Å². The highest BCUT2D eigenvalue weighted by Crippen LogP contribution is 2.17. The molecule has 1 aromatic heterocycles. The Morgan fingerprint density at radius 1 is 1.33 bits per heavy atom. The highest BCUT2D eigenvalue weighted by molar-refractivity contribution is 7.98. The molecule has 0 aliphatic carbocycles. The van der Waals surface area contributed by atoms with Gasteiger partial charge in [0.1, 0.15) is 5.75 Å². The number of hydrogen-bond acceptors (Lipinski definition) is 5. The lowest BCUT2D eigenvalue weighted by Gasteiger charge is -2.09. The summed E-state index contributed by atoms with van der Waals surface area (Å²) in [6.45, 7) is 1.97. The standard InChI is InChI=1S/C15H17N3O2S/c1-4-13-12(9-16-15(18-13)21-3)14(19)17-10-5-7-11(20-2)8-6-10/h5-9H,4H2,1-3H3,(H,17,19). The Labute approximate surface area is 128 Å². The molecule has 0 bridgehead atoms. The van der Waals surface area contributed by atoms with E-state index >= 15 is 0 Å². The van der Waals surface area contributed by atoms with Crippen molar-refractivity contribution in [1.29, 1.82) is 0 Å². The summed E-state index contributed by atoms with van der Waals surface area (Å²) in [5.41, 5.74) is 1.96. The molecule has 0 saturated carbocycles. The Kier molecular flexibility index (Phi) is 5.16. The van der Waals surface area contributed by atoms with Gasteiger partial charge in [0.05, 0.1) is 18.4 Å². The Bertz CT molecular complexity index is 629. The van der Waals surface area contributed by atoms with Crippen molar-refractivity contribution in [1.82, 2.24) is 9.97 Å². The molecule has 110 valence electrons.